The van der Waals surface area contributed by atoms with E-state index in [0.717, 1.165) is 19.2 Å². The molecule has 0 heterocycles. The van der Waals surface area contributed by atoms with Crippen LogP contribution in [0.5, 0.6) is 0 Å². The Morgan fingerprint density at radius 1 is 1.16 bits per heavy atom. The molecule has 0 unspecified atom stereocenters. The predicted molar refractivity (Wildman–Crippen MR) is 96.9 cm³/mol. The topological polar surface area (TPSA) is 75.4 Å². The average Bonchev–Trinajstić information content (AvgIpc) is 2.59. The van der Waals surface area contributed by atoms with Crippen molar-refractivity contribution in [2.45, 2.75) is 24.4 Å². The molecular weight excluding hydrogens is 341 g/mol. The van der Waals surface area contributed by atoms with E-state index in [9.17, 15) is 12.8 Å². The molecule has 0 spiro atoms. The maximum atomic E-state index is 13.4. The Balaban J connectivity index is 1.85. The fraction of sp³-hybridized carbons (Fsp3) is 0.333. The number of halogens is 1. The van der Waals surface area contributed by atoms with E-state index in [1.807, 2.05) is 25.2 Å². The van der Waals surface area contributed by atoms with Gasteiger partial charge in [0, 0.05) is 19.6 Å². The zero-order chi connectivity index (χ0) is 18.3. The molecule has 0 radical (unpaired) electrons. The lowest BCUT2D eigenvalue weighted by Crippen LogP contribution is -2.29. The Hall–Kier alpha value is -1.80. The summed E-state index contributed by atoms with van der Waals surface area (Å²) in [5.41, 5.74) is 7.15. The van der Waals surface area contributed by atoms with Gasteiger partial charge >= 0.3 is 0 Å². The molecule has 0 fully saturated rings. The largest absolute Gasteiger partial charge is 0.326 e. The first kappa shape index (κ1) is 19.5. The van der Waals surface area contributed by atoms with Gasteiger partial charge in [0.05, 0.1) is 4.90 Å². The Morgan fingerprint density at radius 2 is 1.88 bits per heavy atom. The maximum absolute atomic E-state index is 13.4. The SMILES string of the molecule is CN(CCCNS(=O)(=O)c1cc(F)ccc1CN)Cc1ccccc1. The second kappa shape index (κ2) is 9.05. The van der Waals surface area contributed by atoms with E-state index in [0.29, 0.717) is 12.0 Å². The zero-order valence-corrected chi connectivity index (χ0v) is 15.1. The van der Waals surface area contributed by atoms with Gasteiger partial charge in [0.2, 0.25) is 10.0 Å². The first-order chi connectivity index (χ1) is 11.9. The molecule has 0 aromatic heterocycles. The van der Waals surface area contributed by atoms with Crippen LogP contribution in [-0.2, 0) is 23.1 Å². The normalized spacial score (nSPS) is 11.8. The van der Waals surface area contributed by atoms with Gasteiger partial charge in [-0.3, -0.25) is 0 Å². The zero-order valence-electron chi connectivity index (χ0n) is 14.3. The lowest BCUT2D eigenvalue weighted by atomic mass is 10.2. The van der Waals surface area contributed by atoms with E-state index < -0.39 is 15.8 Å². The number of sulfonamides is 1. The molecule has 0 amide bonds. The Bertz CT molecular complexity index is 782. The quantitative estimate of drug-likeness (QED) is 0.667. The first-order valence-corrected chi connectivity index (χ1v) is 9.61. The van der Waals surface area contributed by atoms with Crippen LogP contribution in [0.2, 0.25) is 0 Å². The summed E-state index contributed by atoms with van der Waals surface area (Å²) in [4.78, 5) is 2.03. The van der Waals surface area contributed by atoms with E-state index in [2.05, 4.69) is 21.8 Å². The minimum Gasteiger partial charge on any atom is -0.326 e. The van der Waals surface area contributed by atoms with Gasteiger partial charge in [-0.05, 0) is 43.3 Å². The van der Waals surface area contributed by atoms with Crippen LogP contribution >= 0.6 is 0 Å². The van der Waals surface area contributed by atoms with E-state index in [1.54, 1.807) is 0 Å². The van der Waals surface area contributed by atoms with Gasteiger partial charge in [0.1, 0.15) is 5.82 Å². The summed E-state index contributed by atoms with van der Waals surface area (Å²) in [7, 11) is -1.78. The fourth-order valence-corrected chi connectivity index (χ4v) is 3.89. The lowest BCUT2D eigenvalue weighted by molar-refractivity contribution is 0.322. The maximum Gasteiger partial charge on any atom is 0.240 e. The molecule has 136 valence electrons. The predicted octanol–water partition coefficient (Wildman–Crippen LogP) is 2.08. The molecule has 0 saturated heterocycles. The second-order valence-electron chi connectivity index (χ2n) is 5.93. The van der Waals surface area contributed by atoms with Crippen LogP contribution in [0.25, 0.3) is 0 Å². The van der Waals surface area contributed by atoms with Crippen LogP contribution in [-0.4, -0.2) is 33.5 Å². The fourth-order valence-electron chi connectivity index (χ4n) is 2.55. The van der Waals surface area contributed by atoms with Gasteiger partial charge < -0.3 is 10.6 Å². The average molecular weight is 365 g/mol. The molecule has 7 heteroatoms. The summed E-state index contributed by atoms with van der Waals surface area (Å²) in [5.74, 6) is -0.597. The highest BCUT2D eigenvalue weighted by molar-refractivity contribution is 7.89. The van der Waals surface area contributed by atoms with Gasteiger partial charge in [-0.25, -0.2) is 17.5 Å². The Morgan fingerprint density at radius 3 is 2.56 bits per heavy atom. The van der Waals surface area contributed by atoms with Crippen molar-refractivity contribution < 1.29 is 12.8 Å². The van der Waals surface area contributed by atoms with Crippen molar-refractivity contribution in [3.05, 3.63) is 65.5 Å². The molecule has 3 N–H and O–H groups in total. The monoisotopic (exact) mass is 365 g/mol. The third-order valence-corrected chi connectivity index (χ3v) is 5.39. The summed E-state index contributed by atoms with van der Waals surface area (Å²) >= 11 is 0. The third kappa shape index (κ3) is 5.89. The number of hydrogen-bond acceptors (Lipinski definition) is 4. The Labute approximate surface area is 148 Å². The molecule has 5 nitrogen and oxygen atoms in total. The van der Waals surface area contributed by atoms with Gasteiger partial charge in [0.15, 0.2) is 0 Å². The van der Waals surface area contributed by atoms with Crippen molar-refractivity contribution in [1.29, 1.82) is 0 Å². The highest BCUT2D eigenvalue weighted by atomic mass is 32.2. The second-order valence-corrected chi connectivity index (χ2v) is 7.67. The number of nitrogens with one attached hydrogen (secondary N) is 1. The van der Waals surface area contributed by atoms with Crippen molar-refractivity contribution in [2.75, 3.05) is 20.1 Å². The highest BCUT2D eigenvalue weighted by Crippen LogP contribution is 2.16. The number of nitrogens with two attached hydrogens (primary N) is 1. The first-order valence-electron chi connectivity index (χ1n) is 8.13. The molecule has 0 saturated carbocycles. The number of hydrogen-bond donors (Lipinski definition) is 2. The van der Waals surface area contributed by atoms with Crippen LogP contribution in [0.4, 0.5) is 4.39 Å². The number of benzene rings is 2. The van der Waals surface area contributed by atoms with E-state index in [1.165, 1.54) is 17.7 Å². The molecule has 2 aromatic carbocycles. The standard InChI is InChI=1S/C18H24FN3O2S/c1-22(14-15-6-3-2-4-7-15)11-5-10-21-25(23,24)18-12-17(19)9-8-16(18)13-20/h2-4,6-9,12,21H,5,10-11,13-14,20H2,1H3. The van der Waals surface area contributed by atoms with Gasteiger partial charge in [-0.15, -0.1) is 0 Å². The van der Waals surface area contributed by atoms with Gasteiger partial charge in [0.25, 0.3) is 0 Å². The molecule has 0 aliphatic carbocycles. The third-order valence-electron chi connectivity index (χ3n) is 3.84. The van der Waals surface area contributed by atoms with Crippen LogP contribution < -0.4 is 10.5 Å². The summed E-state index contributed by atoms with van der Waals surface area (Å²) in [6.07, 6.45) is 0.649. The summed E-state index contributed by atoms with van der Waals surface area (Å²) in [6, 6.07) is 13.7. The van der Waals surface area contributed by atoms with Crippen LogP contribution in [0.3, 0.4) is 0 Å². The molecule has 2 rings (SSSR count). The lowest BCUT2D eigenvalue weighted by Gasteiger charge is -2.17. The Kier molecular flexibility index (Phi) is 7.07. The summed E-state index contributed by atoms with van der Waals surface area (Å²) in [5, 5.41) is 0. The van der Waals surface area contributed by atoms with Gasteiger partial charge in [-0.1, -0.05) is 36.4 Å². The van der Waals surface area contributed by atoms with Crippen LogP contribution in [0.15, 0.2) is 53.4 Å². The van der Waals surface area contributed by atoms with Crippen molar-refractivity contribution in [3.63, 3.8) is 0 Å². The number of rotatable bonds is 9. The van der Waals surface area contributed by atoms with E-state index in [-0.39, 0.29) is 18.0 Å². The van der Waals surface area contributed by atoms with Crippen molar-refractivity contribution in [1.82, 2.24) is 9.62 Å². The smallest absolute Gasteiger partial charge is 0.240 e. The molecule has 0 atom stereocenters. The van der Waals surface area contributed by atoms with Gasteiger partial charge in [-0.2, -0.15) is 0 Å². The summed E-state index contributed by atoms with van der Waals surface area (Å²) < 4.78 is 40.6. The molecule has 0 aliphatic heterocycles. The van der Waals surface area contributed by atoms with E-state index in [4.69, 9.17) is 5.73 Å². The minimum atomic E-state index is -3.77. The molecule has 0 aliphatic rings. The van der Waals surface area contributed by atoms with Crippen molar-refractivity contribution in [3.8, 4) is 0 Å². The van der Waals surface area contributed by atoms with Crippen molar-refractivity contribution in [2.24, 2.45) is 5.73 Å². The van der Waals surface area contributed by atoms with Crippen molar-refractivity contribution >= 4 is 10.0 Å². The number of nitrogens with zero attached hydrogens (tertiary/aromatic N) is 1. The molecule has 2 aromatic rings. The molecule has 25 heavy (non-hydrogen) atoms. The highest BCUT2D eigenvalue weighted by Gasteiger charge is 2.18. The van der Waals surface area contributed by atoms with Crippen LogP contribution in [0, 0.1) is 5.82 Å². The minimum absolute atomic E-state index is 0.0380. The summed E-state index contributed by atoms with van der Waals surface area (Å²) in [6.45, 7) is 1.86. The molecular formula is C18H24FN3O2S. The molecule has 0 bridgehead atoms. The van der Waals surface area contributed by atoms with Crippen LogP contribution in [0.1, 0.15) is 17.5 Å². The van der Waals surface area contributed by atoms with E-state index >= 15 is 0 Å².